The first-order valence-corrected chi connectivity index (χ1v) is 12.5. The molecule has 1 aliphatic rings. The Morgan fingerprint density at radius 1 is 1.06 bits per heavy atom. The van der Waals surface area contributed by atoms with Crippen LogP contribution in [0.25, 0.3) is 0 Å². The molecule has 1 saturated heterocycles. The van der Waals surface area contributed by atoms with Crippen LogP contribution < -0.4 is 9.46 Å². The molecule has 0 aromatic heterocycles. The van der Waals surface area contributed by atoms with Crippen LogP contribution in [-0.2, 0) is 43.4 Å². The van der Waals surface area contributed by atoms with Crippen LogP contribution in [-0.4, -0.2) is 69.8 Å². The molecule has 0 aliphatic carbocycles. The van der Waals surface area contributed by atoms with Gasteiger partial charge in [0.2, 0.25) is 16.3 Å². The summed E-state index contributed by atoms with van der Waals surface area (Å²) in [4.78, 5) is 35.0. The molecular formula is C20H26BrNO10S. The average molecular weight is 552 g/mol. The van der Waals surface area contributed by atoms with Gasteiger partial charge in [-0.3, -0.25) is 14.4 Å². The number of hydrogen-bond acceptors (Lipinski definition) is 10. The van der Waals surface area contributed by atoms with Crippen molar-refractivity contribution in [3.05, 3.63) is 28.2 Å². The second-order valence-corrected chi connectivity index (χ2v) is 9.99. The second-order valence-electron chi connectivity index (χ2n) is 7.41. The molecule has 1 N–H and O–H groups in total. The van der Waals surface area contributed by atoms with E-state index in [1.807, 2.05) is 13.0 Å². The molecule has 0 amide bonds. The predicted molar refractivity (Wildman–Crippen MR) is 118 cm³/mol. The molecule has 1 aromatic rings. The Hall–Kier alpha value is -2.22. The van der Waals surface area contributed by atoms with Crippen molar-refractivity contribution in [3.63, 3.8) is 0 Å². The fraction of sp³-hybridized carbons (Fsp3) is 0.550. The summed E-state index contributed by atoms with van der Waals surface area (Å²) in [6.45, 7) is 4.88. The molecule has 184 valence electrons. The molecule has 0 radical (unpaired) electrons. The van der Waals surface area contributed by atoms with E-state index in [0.29, 0.717) is 10.2 Å². The zero-order valence-corrected chi connectivity index (χ0v) is 21.1. The number of benzene rings is 1. The predicted octanol–water partition coefficient (Wildman–Crippen LogP) is 1.21. The van der Waals surface area contributed by atoms with Gasteiger partial charge in [0.1, 0.15) is 24.5 Å². The third-order valence-corrected chi connectivity index (χ3v) is 6.17. The van der Waals surface area contributed by atoms with E-state index in [4.69, 9.17) is 23.7 Å². The molecule has 1 heterocycles. The van der Waals surface area contributed by atoms with E-state index >= 15 is 0 Å². The molecule has 13 heteroatoms. The monoisotopic (exact) mass is 551 g/mol. The van der Waals surface area contributed by atoms with Gasteiger partial charge in [0.25, 0.3) is 0 Å². The van der Waals surface area contributed by atoms with E-state index in [-0.39, 0.29) is 6.61 Å². The number of hydrogen-bond donors (Lipinski definition) is 1. The normalized spacial score (nSPS) is 25.1. The molecule has 1 fully saturated rings. The van der Waals surface area contributed by atoms with Gasteiger partial charge in [-0.2, -0.15) is 0 Å². The van der Waals surface area contributed by atoms with Gasteiger partial charge in [-0.1, -0.05) is 12.1 Å². The number of carbonyl (C=O) groups excluding carboxylic acids is 3. The van der Waals surface area contributed by atoms with Crippen molar-refractivity contribution in [1.29, 1.82) is 0 Å². The fourth-order valence-electron chi connectivity index (χ4n) is 3.21. The highest BCUT2D eigenvalue weighted by atomic mass is 79.9. The van der Waals surface area contributed by atoms with E-state index in [0.717, 1.165) is 25.7 Å². The highest BCUT2D eigenvalue weighted by Gasteiger charge is 2.52. The van der Waals surface area contributed by atoms with Crippen LogP contribution in [0.2, 0.25) is 0 Å². The van der Waals surface area contributed by atoms with Gasteiger partial charge in [-0.05, 0) is 34.5 Å². The Labute approximate surface area is 200 Å². The third-order valence-electron chi connectivity index (χ3n) is 4.45. The van der Waals surface area contributed by atoms with Crippen molar-refractivity contribution in [1.82, 2.24) is 4.72 Å². The van der Waals surface area contributed by atoms with E-state index < -0.39 is 58.6 Å². The first kappa shape index (κ1) is 27.0. The van der Waals surface area contributed by atoms with Gasteiger partial charge >= 0.3 is 17.9 Å². The summed E-state index contributed by atoms with van der Waals surface area (Å²) >= 11 is 3.41. The van der Waals surface area contributed by atoms with Gasteiger partial charge in [-0.25, -0.2) is 13.1 Å². The molecule has 33 heavy (non-hydrogen) atoms. The Balaban J connectivity index is 2.54. The standard InChI is InChI=1S/C20H26BrNO10S/c1-10-7-6-8-14(16(10)21)31-20-17(22-33(5,26)27)19(30-13(4)25)18(29-12(3)24)15(32-20)9-28-11(2)23/h6-8,15,17-20,22H,9H2,1-5H3/t15-,17-,18+,19-,20-/m1/s1. The number of ether oxygens (including phenoxy) is 5. The molecule has 11 nitrogen and oxygen atoms in total. The van der Waals surface area contributed by atoms with Crippen LogP contribution in [0.15, 0.2) is 22.7 Å². The van der Waals surface area contributed by atoms with Crippen LogP contribution in [0.1, 0.15) is 26.3 Å². The first-order valence-electron chi connectivity index (χ1n) is 9.81. The maximum Gasteiger partial charge on any atom is 0.303 e. The minimum Gasteiger partial charge on any atom is -0.463 e. The van der Waals surface area contributed by atoms with Crippen molar-refractivity contribution in [3.8, 4) is 5.75 Å². The molecule has 5 atom stereocenters. The largest absolute Gasteiger partial charge is 0.463 e. The summed E-state index contributed by atoms with van der Waals surface area (Å²) in [6.07, 6.45) is -4.24. The van der Waals surface area contributed by atoms with E-state index in [1.165, 1.54) is 6.92 Å². The number of esters is 3. The molecule has 0 spiro atoms. The molecule has 1 aromatic carbocycles. The summed E-state index contributed by atoms with van der Waals surface area (Å²) < 4.78 is 54.7. The number of aryl methyl sites for hydroxylation is 1. The van der Waals surface area contributed by atoms with Crippen LogP contribution in [0, 0.1) is 6.92 Å². The average Bonchev–Trinajstić information content (AvgIpc) is 2.66. The lowest BCUT2D eigenvalue weighted by Gasteiger charge is -2.44. The molecule has 2 rings (SSSR count). The summed E-state index contributed by atoms with van der Waals surface area (Å²) in [5.74, 6) is -1.81. The summed E-state index contributed by atoms with van der Waals surface area (Å²) in [5.41, 5.74) is 0.835. The number of halogens is 1. The molecule has 1 aliphatic heterocycles. The third kappa shape index (κ3) is 7.95. The second kappa shape index (κ2) is 11.3. The van der Waals surface area contributed by atoms with Crippen LogP contribution in [0.3, 0.4) is 0 Å². The van der Waals surface area contributed by atoms with Crippen LogP contribution in [0.5, 0.6) is 5.75 Å². The van der Waals surface area contributed by atoms with Crippen LogP contribution >= 0.6 is 15.9 Å². The number of sulfonamides is 1. The number of carbonyl (C=O) groups is 3. The maximum atomic E-state index is 12.1. The van der Waals surface area contributed by atoms with Gasteiger partial charge in [0.15, 0.2) is 12.2 Å². The minimum atomic E-state index is -3.87. The lowest BCUT2D eigenvalue weighted by Crippen LogP contribution is -2.67. The number of nitrogens with one attached hydrogen (secondary N) is 1. The quantitative estimate of drug-likeness (QED) is 0.369. The highest BCUT2D eigenvalue weighted by Crippen LogP contribution is 2.33. The lowest BCUT2D eigenvalue weighted by atomic mass is 9.97. The smallest absolute Gasteiger partial charge is 0.303 e. The van der Waals surface area contributed by atoms with Crippen LogP contribution in [0.4, 0.5) is 0 Å². The Kier molecular flexibility index (Phi) is 9.23. The van der Waals surface area contributed by atoms with E-state index in [9.17, 15) is 22.8 Å². The summed E-state index contributed by atoms with van der Waals surface area (Å²) in [5, 5.41) is 0. The fourth-order valence-corrected chi connectivity index (χ4v) is 4.31. The first-order chi connectivity index (χ1) is 15.3. The van der Waals surface area contributed by atoms with Gasteiger partial charge in [0.05, 0.1) is 10.7 Å². The highest BCUT2D eigenvalue weighted by molar-refractivity contribution is 9.10. The van der Waals surface area contributed by atoms with Crippen molar-refractivity contribution in [2.45, 2.75) is 58.3 Å². The van der Waals surface area contributed by atoms with Crippen molar-refractivity contribution < 1.29 is 46.5 Å². The topological polar surface area (TPSA) is 144 Å². The Morgan fingerprint density at radius 2 is 1.67 bits per heavy atom. The lowest BCUT2D eigenvalue weighted by molar-refractivity contribution is -0.255. The van der Waals surface area contributed by atoms with Crippen molar-refractivity contribution >= 4 is 43.9 Å². The minimum absolute atomic E-state index is 0.319. The zero-order chi connectivity index (χ0) is 24.9. The molecule has 0 bridgehead atoms. The SMILES string of the molecule is CC(=O)OC[C@H]1O[C@@H](Oc2cccc(C)c2Br)[C@H](NS(C)(=O)=O)[C@@H](OC(C)=O)[C@H]1OC(C)=O. The molecule has 0 saturated carbocycles. The van der Waals surface area contributed by atoms with E-state index in [2.05, 4.69) is 20.7 Å². The molecular weight excluding hydrogens is 526 g/mol. The Morgan fingerprint density at radius 3 is 2.21 bits per heavy atom. The Bertz CT molecular complexity index is 999. The van der Waals surface area contributed by atoms with Gasteiger partial charge in [0, 0.05) is 20.8 Å². The zero-order valence-electron chi connectivity index (χ0n) is 18.7. The van der Waals surface area contributed by atoms with Crippen molar-refractivity contribution in [2.75, 3.05) is 12.9 Å². The van der Waals surface area contributed by atoms with Gasteiger partial charge in [-0.15, -0.1) is 0 Å². The maximum absolute atomic E-state index is 12.1. The van der Waals surface area contributed by atoms with E-state index in [1.54, 1.807) is 12.1 Å². The summed E-state index contributed by atoms with van der Waals surface area (Å²) in [6, 6.07) is 3.86. The number of rotatable bonds is 8. The van der Waals surface area contributed by atoms with Crippen molar-refractivity contribution in [2.24, 2.45) is 0 Å². The summed E-state index contributed by atoms with van der Waals surface area (Å²) in [7, 11) is -3.87. The van der Waals surface area contributed by atoms with Gasteiger partial charge < -0.3 is 23.7 Å². The molecule has 0 unspecified atom stereocenters.